The fraction of sp³-hybridized carbons (Fsp3) is 0.400. The Hall–Kier alpha value is -4.13. The van der Waals surface area contributed by atoms with Crippen LogP contribution >= 0.6 is 0 Å². The topological polar surface area (TPSA) is 88.1 Å². The van der Waals surface area contributed by atoms with Crippen LogP contribution in [0, 0.1) is 5.92 Å². The van der Waals surface area contributed by atoms with Crippen molar-refractivity contribution in [2.24, 2.45) is 5.92 Å². The predicted molar refractivity (Wildman–Crippen MR) is 163 cm³/mol. The number of carbonyl (C=O) groups is 3. The minimum atomic E-state index is -0.993. The zero-order chi connectivity index (χ0) is 30.3. The predicted octanol–water partition coefficient (Wildman–Crippen LogP) is 8.06. The SMILES string of the molecule is CCCCCCCOc1ccc(C(=O)Oc2ccc(-c3ccc(C(=O)O[C@@H](C)C(=O)OC[C@@H](C)CC)cc3)cc2)cc1. The van der Waals surface area contributed by atoms with Crippen molar-refractivity contribution >= 4 is 17.9 Å². The largest absolute Gasteiger partial charge is 0.494 e. The Labute approximate surface area is 249 Å². The molecule has 3 aromatic rings. The Bertz CT molecular complexity index is 1260. The van der Waals surface area contributed by atoms with Crippen molar-refractivity contribution in [1.82, 2.24) is 0 Å². The average molecular weight is 575 g/mol. The normalized spacial score (nSPS) is 12.2. The lowest BCUT2D eigenvalue weighted by molar-refractivity contribution is -0.154. The van der Waals surface area contributed by atoms with Crippen molar-refractivity contribution < 1.29 is 33.3 Å². The van der Waals surface area contributed by atoms with Crippen molar-refractivity contribution in [2.45, 2.75) is 72.3 Å². The van der Waals surface area contributed by atoms with Crippen LogP contribution in [0.4, 0.5) is 0 Å². The molecule has 0 aliphatic carbocycles. The van der Waals surface area contributed by atoms with Gasteiger partial charge < -0.3 is 18.9 Å². The number of carbonyl (C=O) groups excluding carboxylic acids is 3. The molecule has 0 spiro atoms. The molecule has 0 unspecified atom stereocenters. The van der Waals surface area contributed by atoms with Crippen LogP contribution in [0.2, 0.25) is 0 Å². The molecule has 3 rings (SSSR count). The van der Waals surface area contributed by atoms with Gasteiger partial charge in [-0.1, -0.05) is 77.1 Å². The number of hydrogen-bond donors (Lipinski definition) is 0. The monoisotopic (exact) mass is 574 g/mol. The highest BCUT2D eigenvalue weighted by Gasteiger charge is 2.21. The van der Waals surface area contributed by atoms with Crippen LogP contribution in [0.1, 0.15) is 86.9 Å². The van der Waals surface area contributed by atoms with Gasteiger partial charge in [-0.05, 0) is 78.9 Å². The van der Waals surface area contributed by atoms with Crippen LogP contribution in [0.3, 0.4) is 0 Å². The highest BCUT2D eigenvalue weighted by atomic mass is 16.6. The average Bonchev–Trinajstić information content (AvgIpc) is 3.02. The molecule has 0 N–H and O–H groups in total. The molecule has 0 amide bonds. The van der Waals surface area contributed by atoms with Crippen LogP contribution in [-0.2, 0) is 14.3 Å². The van der Waals surface area contributed by atoms with E-state index < -0.39 is 24.0 Å². The van der Waals surface area contributed by atoms with E-state index in [9.17, 15) is 14.4 Å². The van der Waals surface area contributed by atoms with E-state index in [1.165, 1.54) is 26.2 Å². The Balaban J connectivity index is 1.48. The number of hydrogen-bond acceptors (Lipinski definition) is 7. The quantitative estimate of drug-likeness (QED) is 0.0971. The summed E-state index contributed by atoms with van der Waals surface area (Å²) in [4.78, 5) is 37.2. The number of unbranched alkanes of at least 4 members (excludes halogenated alkanes) is 4. The highest BCUT2D eigenvalue weighted by Crippen LogP contribution is 2.24. The Morgan fingerprint density at radius 1 is 0.667 bits per heavy atom. The number of benzene rings is 3. The minimum absolute atomic E-state index is 0.248. The van der Waals surface area contributed by atoms with E-state index in [2.05, 4.69) is 6.92 Å². The maximum atomic E-state index is 12.6. The minimum Gasteiger partial charge on any atom is -0.494 e. The number of rotatable bonds is 16. The van der Waals surface area contributed by atoms with Crippen LogP contribution in [0.15, 0.2) is 72.8 Å². The van der Waals surface area contributed by atoms with E-state index in [-0.39, 0.29) is 5.92 Å². The van der Waals surface area contributed by atoms with Gasteiger partial charge in [-0.25, -0.2) is 14.4 Å². The van der Waals surface area contributed by atoms with E-state index in [0.29, 0.717) is 30.1 Å². The molecule has 0 aliphatic heterocycles. The molecule has 0 fully saturated rings. The van der Waals surface area contributed by atoms with Gasteiger partial charge in [-0.15, -0.1) is 0 Å². The van der Waals surface area contributed by atoms with Gasteiger partial charge in [-0.2, -0.15) is 0 Å². The van der Waals surface area contributed by atoms with Crippen LogP contribution in [0.5, 0.6) is 11.5 Å². The van der Waals surface area contributed by atoms with Crippen LogP contribution in [-0.4, -0.2) is 37.2 Å². The summed E-state index contributed by atoms with van der Waals surface area (Å²) in [6, 6.07) is 20.9. The van der Waals surface area contributed by atoms with Gasteiger partial charge in [0.25, 0.3) is 0 Å². The van der Waals surface area contributed by atoms with E-state index in [0.717, 1.165) is 36.1 Å². The molecule has 42 heavy (non-hydrogen) atoms. The summed E-state index contributed by atoms with van der Waals surface area (Å²) in [7, 11) is 0. The summed E-state index contributed by atoms with van der Waals surface area (Å²) in [6.45, 7) is 8.66. The van der Waals surface area contributed by atoms with Gasteiger partial charge >= 0.3 is 17.9 Å². The first-order valence-corrected chi connectivity index (χ1v) is 14.8. The molecule has 0 saturated carbocycles. The molecule has 3 aromatic carbocycles. The van der Waals surface area contributed by atoms with Crippen molar-refractivity contribution in [2.75, 3.05) is 13.2 Å². The molecule has 0 radical (unpaired) electrons. The molecule has 0 heterocycles. The molecular formula is C35H42O7. The molecule has 0 aromatic heterocycles. The second-order valence-electron chi connectivity index (χ2n) is 10.5. The molecule has 0 saturated heterocycles. The molecular weight excluding hydrogens is 532 g/mol. The van der Waals surface area contributed by atoms with Gasteiger partial charge in [0.2, 0.25) is 0 Å². The van der Waals surface area contributed by atoms with E-state index in [4.69, 9.17) is 18.9 Å². The fourth-order valence-electron chi connectivity index (χ4n) is 4.00. The third-order valence-electron chi connectivity index (χ3n) is 6.95. The number of ether oxygens (including phenoxy) is 4. The van der Waals surface area contributed by atoms with E-state index in [1.807, 2.05) is 26.0 Å². The van der Waals surface area contributed by atoms with Crippen molar-refractivity contribution in [3.63, 3.8) is 0 Å². The second kappa shape index (κ2) is 17.0. The first-order valence-electron chi connectivity index (χ1n) is 14.8. The lowest BCUT2D eigenvalue weighted by Crippen LogP contribution is -2.27. The smallest absolute Gasteiger partial charge is 0.347 e. The maximum Gasteiger partial charge on any atom is 0.347 e. The first-order chi connectivity index (χ1) is 20.3. The summed E-state index contributed by atoms with van der Waals surface area (Å²) >= 11 is 0. The van der Waals surface area contributed by atoms with Crippen molar-refractivity contribution in [1.29, 1.82) is 0 Å². The molecule has 2 atom stereocenters. The summed E-state index contributed by atoms with van der Waals surface area (Å²) in [5.41, 5.74) is 2.52. The summed E-state index contributed by atoms with van der Waals surface area (Å²) < 4.78 is 21.8. The molecule has 224 valence electrons. The fourth-order valence-corrected chi connectivity index (χ4v) is 4.00. The zero-order valence-corrected chi connectivity index (χ0v) is 25.1. The Morgan fingerprint density at radius 2 is 1.21 bits per heavy atom. The third-order valence-corrected chi connectivity index (χ3v) is 6.95. The standard InChI is InChI=1S/C35H42O7/c1-5-7-8-9-10-23-39-31-19-17-30(18-20-31)35(38)42-32-21-15-28(16-22-32)27-11-13-29(14-12-27)34(37)41-26(4)33(36)40-24-25(3)6-2/h11-22,25-26H,5-10,23-24H2,1-4H3/t25-,26-/m0/s1. The van der Waals surface area contributed by atoms with Crippen molar-refractivity contribution in [3.8, 4) is 22.6 Å². The molecule has 0 bridgehead atoms. The van der Waals surface area contributed by atoms with Gasteiger partial charge in [0.05, 0.1) is 24.3 Å². The lowest BCUT2D eigenvalue weighted by Gasteiger charge is -2.15. The Kier molecular flexibility index (Phi) is 13.1. The zero-order valence-electron chi connectivity index (χ0n) is 25.1. The van der Waals surface area contributed by atoms with Crippen LogP contribution in [0.25, 0.3) is 11.1 Å². The first kappa shape index (κ1) is 32.4. The third kappa shape index (κ3) is 10.4. The lowest BCUT2D eigenvalue weighted by atomic mass is 10.0. The van der Waals surface area contributed by atoms with Gasteiger partial charge in [-0.3, -0.25) is 0 Å². The maximum absolute atomic E-state index is 12.6. The molecule has 7 heteroatoms. The van der Waals surface area contributed by atoms with Gasteiger partial charge in [0, 0.05) is 0 Å². The summed E-state index contributed by atoms with van der Waals surface area (Å²) in [5, 5.41) is 0. The summed E-state index contributed by atoms with van der Waals surface area (Å²) in [6.07, 6.45) is 5.79. The van der Waals surface area contributed by atoms with Crippen LogP contribution < -0.4 is 9.47 Å². The van der Waals surface area contributed by atoms with Gasteiger partial charge in [0.1, 0.15) is 11.5 Å². The van der Waals surface area contributed by atoms with E-state index >= 15 is 0 Å². The summed E-state index contributed by atoms with van der Waals surface area (Å²) in [5.74, 6) is -0.202. The highest BCUT2D eigenvalue weighted by molar-refractivity contribution is 5.92. The van der Waals surface area contributed by atoms with Gasteiger partial charge in [0.15, 0.2) is 6.10 Å². The molecule has 7 nitrogen and oxygen atoms in total. The Morgan fingerprint density at radius 3 is 1.83 bits per heavy atom. The number of esters is 3. The van der Waals surface area contributed by atoms with Crippen molar-refractivity contribution in [3.05, 3.63) is 83.9 Å². The van der Waals surface area contributed by atoms with E-state index in [1.54, 1.807) is 60.7 Å². The molecule has 0 aliphatic rings. The second-order valence-corrected chi connectivity index (χ2v) is 10.5.